The number of ether oxygens (including phenoxy) is 2. The number of carbonyl (C=O) groups is 1. The van der Waals surface area contributed by atoms with Gasteiger partial charge in [0.1, 0.15) is 11.7 Å². The van der Waals surface area contributed by atoms with E-state index in [4.69, 9.17) is 8.92 Å². The number of halogens is 12. The molecule has 0 heterocycles. The quantitative estimate of drug-likeness (QED) is 0.0332. The molecule has 3 aliphatic carbocycles. The van der Waals surface area contributed by atoms with E-state index in [0.717, 1.165) is 115 Å². The maximum atomic E-state index is 14.6. The second kappa shape index (κ2) is 27.6. The molecule has 7 atom stereocenters. The van der Waals surface area contributed by atoms with Crippen molar-refractivity contribution in [3.8, 4) is 0 Å². The minimum absolute atomic E-state index is 0.0226. The Kier molecular flexibility index (Phi) is 23.9. The highest BCUT2D eigenvalue weighted by Crippen LogP contribution is 2.63. The third-order valence-corrected chi connectivity index (χ3v) is 19.0. The third kappa shape index (κ3) is 17.2. The Balaban J connectivity index is 1.27. The normalized spacial score (nSPS) is 21.4. The molecule has 2 N–H and O–H groups in total. The molecular formula is C59H86F12O8S. The predicted octanol–water partition coefficient (Wildman–Crippen LogP) is 18.3. The number of alkyl halides is 12. The fourth-order valence-corrected chi connectivity index (χ4v) is 13.6. The second-order valence-electron chi connectivity index (χ2n) is 24.5. The van der Waals surface area contributed by atoms with E-state index in [2.05, 4.69) is 18.6 Å². The van der Waals surface area contributed by atoms with Gasteiger partial charge in [-0.05, 0) is 113 Å². The number of unbranched alkanes of at least 4 members (excludes halogenated alkanes) is 14. The summed E-state index contributed by atoms with van der Waals surface area (Å²) in [6.45, 7) is 13.4. The van der Waals surface area contributed by atoms with Gasteiger partial charge in [0.15, 0.2) is 0 Å². The van der Waals surface area contributed by atoms with Gasteiger partial charge in [-0.25, -0.2) is 4.79 Å². The number of benzene rings is 2. The number of aliphatic hydroxyl groups is 2. The van der Waals surface area contributed by atoms with Crippen LogP contribution >= 0.6 is 0 Å². The number of hydrogen-bond donors (Lipinski definition) is 2. The molecule has 3 fully saturated rings. The average Bonchev–Trinajstić information content (AvgIpc) is 3.47. The van der Waals surface area contributed by atoms with Crippen molar-refractivity contribution in [1.29, 1.82) is 0 Å². The maximum absolute atomic E-state index is 14.6. The molecule has 5 rings (SSSR count). The van der Waals surface area contributed by atoms with E-state index in [-0.39, 0.29) is 23.2 Å². The molecule has 8 nitrogen and oxygen atoms in total. The third-order valence-electron chi connectivity index (χ3n) is 17.1. The Labute approximate surface area is 466 Å². The highest BCUT2D eigenvalue weighted by atomic mass is 32.2. The number of rotatable bonds is 31. The monoisotopic (exact) mass is 1180 g/mol. The van der Waals surface area contributed by atoms with Gasteiger partial charge in [-0.2, -0.15) is 61.1 Å². The van der Waals surface area contributed by atoms with Crippen molar-refractivity contribution in [3.05, 3.63) is 70.8 Å². The Morgan fingerprint density at radius 3 is 1.38 bits per heavy atom. The van der Waals surface area contributed by atoms with Gasteiger partial charge >= 0.3 is 36.5 Å². The molecule has 21 heteroatoms. The van der Waals surface area contributed by atoms with Crippen molar-refractivity contribution >= 4 is 16.3 Å². The maximum Gasteiger partial charge on any atom is 0.510 e. The van der Waals surface area contributed by atoms with Crippen LogP contribution in [0.3, 0.4) is 0 Å². The molecule has 0 aromatic heterocycles. The fourth-order valence-electron chi connectivity index (χ4n) is 12.0. The van der Waals surface area contributed by atoms with Gasteiger partial charge in [0.05, 0.1) is 10.9 Å². The van der Waals surface area contributed by atoms with Crippen molar-refractivity contribution in [2.24, 2.45) is 17.3 Å². The first kappa shape index (κ1) is 69.2. The predicted molar refractivity (Wildman–Crippen MR) is 282 cm³/mol. The molecule has 0 aliphatic heterocycles. The molecule has 7 unspecified atom stereocenters. The smallest absolute Gasteiger partial charge is 0.429 e. The summed E-state index contributed by atoms with van der Waals surface area (Å²) < 4.78 is 209. The lowest BCUT2D eigenvalue weighted by atomic mass is 9.43. The van der Waals surface area contributed by atoms with Gasteiger partial charge in [-0.3, -0.25) is 4.18 Å². The first-order valence-electron chi connectivity index (χ1n) is 28.5. The summed E-state index contributed by atoms with van der Waals surface area (Å²) in [5, 5.41) is 20.3. The zero-order valence-electron chi connectivity index (χ0n) is 47.6. The highest BCUT2D eigenvalue weighted by molar-refractivity contribution is 7.87. The van der Waals surface area contributed by atoms with Crippen molar-refractivity contribution in [3.63, 3.8) is 0 Å². The zero-order chi connectivity index (χ0) is 60.4. The summed E-state index contributed by atoms with van der Waals surface area (Å²) in [6, 6.07) is 7.49. The Morgan fingerprint density at radius 2 is 0.988 bits per heavy atom. The summed E-state index contributed by atoms with van der Waals surface area (Å²) in [7, 11) is -3.90. The van der Waals surface area contributed by atoms with Crippen LogP contribution in [-0.4, -0.2) is 72.0 Å². The molecule has 3 saturated carbocycles. The van der Waals surface area contributed by atoms with E-state index in [9.17, 15) is 76.1 Å². The summed E-state index contributed by atoms with van der Waals surface area (Å²) in [5.74, 6) is -0.0755. The standard InChI is InChI=1S/C59H86F12O8S/c1-9-47(80(75,76)79-49-39-46-38-48(52(46,6)7)53(49,8)73)29-25-21-17-13-12-16-20-24-28-42(43-32-36-45(37-33-43)55(58(66,67)68,59(69,70)71)78-50(72)77-51(3,4)5)27-23-19-15-11-10-14-18-22-26-40(2)41-30-34-44(35-31-41)54(74,56(60,61)62)57(63,64)65/h30-37,40,42,46-49,73-74H,9-29,38-39H2,1-8H3. The molecule has 2 bridgehead atoms. The van der Waals surface area contributed by atoms with Crippen LogP contribution in [0.5, 0.6) is 0 Å². The van der Waals surface area contributed by atoms with Crippen molar-refractivity contribution in [2.45, 2.75) is 273 Å². The lowest BCUT2D eigenvalue weighted by molar-refractivity contribution is -0.377. The van der Waals surface area contributed by atoms with E-state index in [0.29, 0.717) is 86.3 Å². The van der Waals surface area contributed by atoms with E-state index in [1.807, 2.05) is 13.8 Å². The van der Waals surface area contributed by atoms with Gasteiger partial charge in [-0.15, -0.1) is 0 Å². The minimum atomic E-state index is -6.11. The van der Waals surface area contributed by atoms with Crippen LogP contribution in [0.25, 0.3) is 0 Å². The SMILES string of the molecule is CCC(CCCCCCCCCCC(CCCCCCCCCCC(C)c1ccc(C(O)(C(F)(F)F)C(F)(F)F)cc1)c1ccc(C(OC(=O)OC(C)(C)C)(C(F)(F)F)C(F)(F)F)cc1)S(=O)(=O)OC1CC2CC(C2(C)C)C1(C)O. The molecule has 460 valence electrons. The van der Waals surface area contributed by atoms with Crippen LogP contribution in [0.2, 0.25) is 0 Å². The van der Waals surface area contributed by atoms with Gasteiger partial charge in [-0.1, -0.05) is 179 Å². The second-order valence-corrected chi connectivity index (χ2v) is 26.3. The number of fused-ring (bicyclic) bond motifs is 2. The van der Waals surface area contributed by atoms with E-state index < -0.39 is 85.9 Å². The van der Waals surface area contributed by atoms with Gasteiger partial charge in [0.2, 0.25) is 0 Å². The first-order valence-corrected chi connectivity index (χ1v) is 30.0. The summed E-state index contributed by atoms with van der Waals surface area (Å²) in [5.41, 5.74) is -14.3. The Morgan fingerprint density at radius 1 is 0.588 bits per heavy atom. The van der Waals surface area contributed by atoms with E-state index in [1.54, 1.807) is 6.92 Å². The van der Waals surface area contributed by atoms with Crippen LogP contribution < -0.4 is 0 Å². The molecule has 3 aliphatic rings. The van der Waals surface area contributed by atoms with Crippen molar-refractivity contribution in [1.82, 2.24) is 0 Å². The van der Waals surface area contributed by atoms with Crippen LogP contribution in [0.4, 0.5) is 57.5 Å². The lowest BCUT2D eigenvalue weighted by Gasteiger charge is -2.64. The van der Waals surface area contributed by atoms with Crippen molar-refractivity contribution in [2.75, 3.05) is 0 Å². The molecule has 0 amide bonds. The van der Waals surface area contributed by atoms with Gasteiger partial charge < -0.3 is 19.7 Å². The van der Waals surface area contributed by atoms with E-state index in [1.165, 1.54) is 32.9 Å². The first-order chi connectivity index (χ1) is 36.8. The van der Waals surface area contributed by atoms with E-state index >= 15 is 0 Å². The molecule has 0 saturated heterocycles. The Bertz CT molecular complexity index is 2290. The van der Waals surface area contributed by atoms with Crippen LogP contribution in [0.1, 0.15) is 237 Å². The summed E-state index contributed by atoms with van der Waals surface area (Å²) in [4.78, 5) is 12.4. The molecule has 0 radical (unpaired) electrons. The molecule has 0 spiro atoms. The topological polar surface area (TPSA) is 119 Å². The zero-order valence-corrected chi connectivity index (χ0v) is 48.5. The molecular weight excluding hydrogens is 1100 g/mol. The van der Waals surface area contributed by atoms with Gasteiger partial charge in [0.25, 0.3) is 15.7 Å². The fraction of sp³-hybridized carbons (Fsp3) is 0.780. The Hall–Kier alpha value is -3.30. The largest absolute Gasteiger partial charge is 0.510 e. The average molecular weight is 1180 g/mol. The lowest BCUT2D eigenvalue weighted by Crippen LogP contribution is -2.67. The highest BCUT2D eigenvalue weighted by Gasteiger charge is 2.76. The minimum Gasteiger partial charge on any atom is -0.429 e. The molecule has 2 aromatic carbocycles. The van der Waals surface area contributed by atoms with Crippen LogP contribution in [0.15, 0.2) is 48.5 Å². The molecule has 2 aromatic rings. The molecule has 80 heavy (non-hydrogen) atoms. The van der Waals surface area contributed by atoms with Crippen LogP contribution in [-0.2, 0) is 35.0 Å². The van der Waals surface area contributed by atoms with Crippen molar-refractivity contribution < 1.29 is 89.8 Å². The number of carbonyl (C=O) groups excluding carboxylic acids is 1. The summed E-state index contributed by atoms with van der Waals surface area (Å²) >= 11 is 0. The van der Waals surface area contributed by atoms with Gasteiger partial charge in [0, 0.05) is 11.1 Å². The van der Waals surface area contributed by atoms with Crippen LogP contribution in [0, 0.1) is 17.3 Å². The summed E-state index contributed by atoms with van der Waals surface area (Å²) in [6.07, 6.45) is -9.53. The number of hydrogen-bond acceptors (Lipinski definition) is 8.